The number of aliphatic hydroxyl groups is 1. The van der Waals surface area contributed by atoms with E-state index in [0.717, 1.165) is 19.4 Å². The molecule has 0 aliphatic carbocycles. The molecular weight excluding hydrogens is 234 g/mol. The zero-order chi connectivity index (χ0) is 13.0. The van der Waals surface area contributed by atoms with Crippen LogP contribution in [0.3, 0.4) is 0 Å². The first-order chi connectivity index (χ1) is 8.72. The standard InChI is InChI=1S/C12H21N3O3/c1-9-3-4-10(7-16)5-15(9)6-12-13-11(8-17-2)14-18-12/h9-10,16H,3-8H2,1-2H3. The van der Waals surface area contributed by atoms with Gasteiger partial charge in [0, 0.05) is 26.3 Å². The van der Waals surface area contributed by atoms with E-state index in [-0.39, 0.29) is 6.61 Å². The number of ether oxygens (including phenoxy) is 1. The molecule has 0 saturated carbocycles. The van der Waals surface area contributed by atoms with Gasteiger partial charge >= 0.3 is 0 Å². The Morgan fingerprint density at radius 1 is 1.50 bits per heavy atom. The first-order valence-corrected chi connectivity index (χ1v) is 6.38. The summed E-state index contributed by atoms with van der Waals surface area (Å²) in [6.45, 7) is 4.36. The maximum atomic E-state index is 9.24. The Balaban J connectivity index is 1.93. The second-order valence-electron chi connectivity index (χ2n) is 4.94. The fraction of sp³-hybridized carbons (Fsp3) is 0.833. The van der Waals surface area contributed by atoms with Gasteiger partial charge in [0.25, 0.3) is 0 Å². The van der Waals surface area contributed by atoms with Crippen LogP contribution in [0.4, 0.5) is 0 Å². The lowest BCUT2D eigenvalue weighted by molar-refractivity contribution is 0.0687. The van der Waals surface area contributed by atoms with E-state index in [9.17, 15) is 5.11 Å². The Hall–Kier alpha value is -0.980. The summed E-state index contributed by atoms with van der Waals surface area (Å²) < 4.78 is 10.1. The summed E-state index contributed by atoms with van der Waals surface area (Å²) in [6.07, 6.45) is 2.19. The van der Waals surface area contributed by atoms with Gasteiger partial charge in [-0.15, -0.1) is 0 Å². The number of piperidine rings is 1. The van der Waals surface area contributed by atoms with Gasteiger partial charge in [-0.25, -0.2) is 0 Å². The number of nitrogens with zero attached hydrogens (tertiary/aromatic N) is 3. The molecule has 102 valence electrons. The summed E-state index contributed by atoms with van der Waals surface area (Å²) in [5, 5.41) is 13.1. The van der Waals surface area contributed by atoms with Gasteiger partial charge in [-0.2, -0.15) is 4.98 Å². The molecule has 1 aliphatic rings. The van der Waals surface area contributed by atoms with Crippen molar-refractivity contribution in [3.8, 4) is 0 Å². The molecule has 0 aromatic carbocycles. The first kappa shape index (κ1) is 13.5. The fourth-order valence-electron chi connectivity index (χ4n) is 2.35. The predicted molar refractivity (Wildman–Crippen MR) is 64.7 cm³/mol. The molecule has 1 saturated heterocycles. The van der Waals surface area contributed by atoms with Crippen LogP contribution in [0, 0.1) is 5.92 Å². The van der Waals surface area contributed by atoms with Gasteiger partial charge in [0.2, 0.25) is 5.89 Å². The van der Waals surface area contributed by atoms with Gasteiger partial charge in [-0.05, 0) is 25.7 Å². The summed E-state index contributed by atoms with van der Waals surface area (Å²) in [5.41, 5.74) is 0. The molecule has 0 bridgehead atoms. The summed E-state index contributed by atoms with van der Waals surface area (Å²) in [7, 11) is 1.61. The minimum absolute atomic E-state index is 0.252. The van der Waals surface area contributed by atoms with E-state index >= 15 is 0 Å². The number of hydrogen-bond acceptors (Lipinski definition) is 6. The number of aromatic nitrogens is 2. The van der Waals surface area contributed by atoms with Crippen LogP contribution in [-0.4, -0.2) is 46.5 Å². The van der Waals surface area contributed by atoms with E-state index < -0.39 is 0 Å². The summed E-state index contributed by atoms with van der Waals surface area (Å²) in [6, 6.07) is 0.491. The van der Waals surface area contributed by atoms with E-state index in [1.807, 2.05) is 0 Å². The van der Waals surface area contributed by atoms with Crippen LogP contribution in [-0.2, 0) is 17.9 Å². The summed E-state index contributed by atoms with van der Waals surface area (Å²) in [5.74, 6) is 1.56. The smallest absolute Gasteiger partial charge is 0.240 e. The van der Waals surface area contributed by atoms with Gasteiger partial charge in [0.15, 0.2) is 5.82 Å². The third kappa shape index (κ3) is 3.28. The van der Waals surface area contributed by atoms with Crippen molar-refractivity contribution in [2.24, 2.45) is 5.92 Å². The SMILES string of the molecule is COCc1noc(CN2CC(CO)CCC2C)n1. The molecule has 1 aromatic rings. The van der Waals surface area contributed by atoms with Crippen molar-refractivity contribution < 1.29 is 14.4 Å². The third-order valence-electron chi connectivity index (χ3n) is 3.49. The summed E-state index contributed by atoms with van der Waals surface area (Å²) >= 11 is 0. The second kappa shape index (κ2) is 6.26. The first-order valence-electron chi connectivity index (χ1n) is 6.38. The predicted octanol–water partition coefficient (Wildman–Crippen LogP) is 0.809. The molecule has 1 aromatic heterocycles. The molecule has 1 aliphatic heterocycles. The summed E-state index contributed by atoms with van der Waals surface area (Å²) in [4.78, 5) is 6.56. The van der Waals surface area contributed by atoms with Gasteiger partial charge in [0.1, 0.15) is 6.61 Å². The van der Waals surface area contributed by atoms with Crippen LogP contribution in [0.15, 0.2) is 4.52 Å². The molecule has 2 rings (SSSR count). The van der Waals surface area contributed by atoms with Crippen LogP contribution in [0.1, 0.15) is 31.5 Å². The highest BCUT2D eigenvalue weighted by Crippen LogP contribution is 2.22. The molecule has 1 fully saturated rings. The monoisotopic (exact) mass is 255 g/mol. The van der Waals surface area contributed by atoms with Crippen LogP contribution in [0.5, 0.6) is 0 Å². The molecule has 6 nitrogen and oxygen atoms in total. The van der Waals surface area contributed by atoms with Gasteiger partial charge in [-0.1, -0.05) is 5.16 Å². The number of likely N-dealkylation sites (tertiary alicyclic amines) is 1. The molecule has 2 unspecified atom stereocenters. The molecule has 0 spiro atoms. The zero-order valence-electron chi connectivity index (χ0n) is 11.0. The Morgan fingerprint density at radius 2 is 2.33 bits per heavy atom. The fourth-order valence-corrected chi connectivity index (χ4v) is 2.35. The van der Waals surface area contributed by atoms with E-state index in [1.165, 1.54) is 0 Å². The lowest BCUT2D eigenvalue weighted by atomic mass is 9.94. The largest absolute Gasteiger partial charge is 0.396 e. The van der Waals surface area contributed by atoms with Crippen LogP contribution in [0.2, 0.25) is 0 Å². The van der Waals surface area contributed by atoms with Gasteiger partial charge < -0.3 is 14.4 Å². The lowest BCUT2D eigenvalue weighted by Gasteiger charge is -2.36. The van der Waals surface area contributed by atoms with E-state index in [1.54, 1.807) is 7.11 Å². The van der Waals surface area contributed by atoms with Crippen molar-refractivity contribution in [1.82, 2.24) is 15.0 Å². The number of aliphatic hydroxyl groups excluding tert-OH is 1. The molecule has 2 atom stereocenters. The lowest BCUT2D eigenvalue weighted by Crippen LogP contribution is -2.42. The van der Waals surface area contributed by atoms with Crippen LogP contribution in [0.25, 0.3) is 0 Å². The van der Waals surface area contributed by atoms with Crippen LogP contribution < -0.4 is 0 Å². The molecule has 0 radical (unpaired) electrons. The highest BCUT2D eigenvalue weighted by Gasteiger charge is 2.26. The van der Waals surface area contributed by atoms with Crippen LogP contribution >= 0.6 is 0 Å². The number of rotatable bonds is 5. The van der Waals surface area contributed by atoms with Crippen molar-refractivity contribution in [2.75, 3.05) is 20.3 Å². The Morgan fingerprint density at radius 3 is 3.06 bits per heavy atom. The molecule has 2 heterocycles. The minimum atomic E-state index is 0.252. The average Bonchev–Trinajstić information content (AvgIpc) is 2.80. The molecule has 1 N–H and O–H groups in total. The topological polar surface area (TPSA) is 71.6 Å². The third-order valence-corrected chi connectivity index (χ3v) is 3.49. The van der Waals surface area contributed by atoms with Crippen molar-refractivity contribution >= 4 is 0 Å². The Bertz CT molecular complexity index is 369. The van der Waals surface area contributed by atoms with E-state index in [0.29, 0.717) is 36.8 Å². The number of methoxy groups -OCH3 is 1. The van der Waals surface area contributed by atoms with Gasteiger partial charge in [-0.3, -0.25) is 4.90 Å². The van der Waals surface area contributed by atoms with Crippen molar-refractivity contribution in [2.45, 2.75) is 39.0 Å². The minimum Gasteiger partial charge on any atom is -0.396 e. The highest BCUT2D eigenvalue weighted by molar-refractivity contribution is 4.87. The average molecular weight is 255 g/mol. The van der Waals surface area contributed by atoms with Crippen molar-refractivity contribution in [1.29, 1.82) is 0 Å². The van der Waals surface area contributed by atoms with E-state index in [4.69, 9.17) is 9.26 Å². The van der Waals surface area contributed by atoms with Crippen molar-refractivity contribution in [3.05, 3.63) is 11.7 Å². The molecule has 18 heavy (non-hydrogen) atoms. The van der Waals surface area contributed by atoms with Crippen molar-refractivity contribution in [3.63, 3.8) is 0 Å². The zero-order valence-corrected chi connectivity index (χ0v) is 11.0. The normalized spacial score (nSPS) is 25.5. The van der Waals surface area contributed by atoms with Gasteiger partial charge in [0.05, 0.1) is 6.54 Å². The second-order valence-corrected chi connectivity index (χ2v) is 4.94. The highest BCUT2D eigenvalue weighted by atomic mass is 16.5. The van der Waals surface area contributed by atoms with E-state index in [2.05, 4.69) is 22.0 Å². The molecule has 0 amide bonds. The molecule has 6 heteroatoms. The maximum Gasteiger partial charge on any atom is 0.240 e. The quantitative estimate of drug-likeness (QED) is 0.839. The Labute approximate surface area is 107 Å². The maximum absolute atomic E-state index is 9.24. The Kier molecular flexibility index (Phi) is 4.68. The number of hydrogen-bond donors (Lipinski definition) is 1. The molecular formula is C12H21N3O3.